The highest BCUT2D eigenvalue weighted by atomic mass is 32.1. The van der Waals surface area contributed by atoms with Gasteiger partial charge < -0.3 is 0 Å². The van der Waals surface area contributed by atoms with Gasteiger partial charge in [-0.15, -0.1) is 11.3 Å². The van der Waals surface area contributed by atoms with E-state index in [1.54, 1.807) is 0 Å². The first-order valence-corrected chi connectivity index (χ1v) is 15.9. The van der Waals surface area contributed by atoms with Crippen LogP contribution in [0.15, 0.2) is 127 Å². The predicted octanol–water partition coefficient (Wildman–Crippen LogP) is 12.3. The summed E-state index contributed by atoms with van der Waals surface area (Å²) in [5.74, 6) is 0. The molecule has 0 N–H and O–H groups in total. The SMILES string of the molecule is Cc1ccc2c(-c3cccc4c3sc3ccccc34)c3ccccc3c(-c3ccc4c(c3)-c3ccccc3C4(C)C)c2c1. The number of hydrogen-bond acceptors (Lipinski definition) is 1. The molecule has 0 bridgehead atoms. The highest BCUT2D eigenvalue weighted by molar-refractivity contribution is 7.26. The molecule has 43 heavy (non-hydrogen) atoms. The molecule has 0 unspecified atom stereocenters. The van der Waals surface area contributed by atoms with E-state index in [0.29, 0.717) is 0 Å². The van der Waals surface area contributed by atoms with E-state index in [4.69, 9.17) is 0 Å². The lowest BCUT2D eigenvalue weighted by atomic mass is 9.81. The molecule has 0 spiro atoms. The molecule has 0 aliphatic heterocycles. The van der Waals surface area contributed by atoms with Crippen molar-refractivity contribution in [2.45, 2.75) is 26.2 Å². The Balaban J connectivity index is 1.40. The molecule has 204 valence electrons. The number of thiophene rings is 1. The van der Waals surface area contributed by atoms with Crippen molar-refractivity contribution >= 4 is 53.1 Å². The lowest BCUT2D eigenvalue weighted by Gasteiger charge is -2.22. The van der Waals surface area contributed by atoms with Gasteiger partial charge in [-0.25, -0.2) is 0 Å². The van der Waals surface area contributed by atoms with Gasteiger partial charge in [0.15, 0.2) is 0 Å². The third kappa shape index (κ3) is 3.43. The fourth-order valence-electron chi connectivity index (χ4n) is 7.71. The zero-order valence-corrected chi connectivity index (χ0v) is 25.3. The maximum atomic E-state index is 2.46. The fraction of sp³-hybridized carbons (Fsp3) is 0.0952. The number of fused-ring (bicyclic) bond motifs is 8. The first-order valence-electron chi connectivity index (χ1n) is 15.1. The maximum absolute atomic E-state index is 2.46. The minimum Gasteiger partial charge on any atom is -0.135 e. The van der Waals surface area contributed by atoms with E-state index in [-0.39, 0.29) is 5.41 Å². The second-order valence-corrected chi connectivity index (χ2v) is 13.6. The van der Waals surface area contributed by atoms with E-state index in [2.05, 4.69) is 148 Å². The lowest BCUT2D eigenvalue weighted by Crippen LogP contribution is -2.14. The maximum Gasteiger partial charge on any atom is 0.0434 e. The number of hydrogen-bond donors (Lipinski definition) is 0. The van der Waals surface area contributed by atoms with Crippen molar-refractivity contribution in [1.29, 1.82) is 0 Å². The van der Waals surface area contributed by atoms with Crippen molar-refractivity contribution in [2.24, 2.45) is 0 Å². The Morgan fingerprint density at radius 1 is 0.465 bits per heavy atom. The third-order valence-electron chi connectivity index (χ3n) is 9.73. The van der Waals surface area contributed by atoms with E-state index in [1.807, 2.05) is 11.3 Å². The van der Waals surface area contributed by atoms with Crippen molar-refractivity contribution in [1.82, 2.24) is 0 Å². The molecule has 8 aromatic rings. The van der Waals surface area contributed by atoms with Gasteiger partial charge in [-0.1, -0.05) is 135 Å². The molecule has 0 amide bonds. The highest BCUT2D eigenvalue weighted by Crippen LogP contribution is 2.52. The molecule has 1 aliphatic carbocycles. The molecule has 1 aliphatic rings. The van der Waals surface area contributed by atoms with Gasteiger partial charge in [0.05, 0.1) is 0 Å². The molecule has 7 aromatic carbocycles. The minimum atomic E-state index is -0.00201. The van der Waals surface area contributed by atoms with Crippen LogP contribution in [0.2, 0.25) is 0 Å². The molecular formula is C42H30S. The van der Waals surface area contributed by atoms with E-state index >= 15 is 0 Å². The minimum absolute atomic E-state index is 0.00201. The molecule has 0 atom stereocenters. The Kier molecular flexibility index (Phi) is 5.14. The predicted molar refractivity (Wildman–Crippen MR) is 188 cm³/mol. The summed E-state index contributed by atoms with van der Waals surface area (Å²) in [4.78, 5) is 0. The zero-order chi connectivity index (χ0) is 28.9. The monoisotopic (exact) mass is 566 g/mol. The molecule has 1 heterocycles. The molecule has 9 rings (SSSR count). The van der Waals surface area contributed by atoms with Crippen molar-refractivity contribution < 1.29 is 0 Å². The summed E-state index contributed by atoms with van der Waals surface area (Å²) in [6, 6.07) is 47.9. The van der Waals surface area contributed by atoms with Crippen LogP contribution in [0.3, 0.4) is 0 Å². The second kappa shape index (κ2) is 8.89. The molecule has 0 radical (unpaired) electrons. The molecule has 0 fully saturated rings. The average Bonchev–Trinajstić information content (AvgIpc) is 3.52. The summed E-state index contributed by atoms with van der Waals surface area (Å²) in [5, 5.41) is 7.92. The highest BCUT2D eigenvalue weighted by Gasteiger charge is 2.35. The Labute approximate surface area is 255 Å². The van der Waals surface area contributed by atoms with E-state index in [0.717, 1.165) is 0 Å². The summed E-state index contributed by atoms with van der Waals surface area (Å²) >= 11 is 1.91. The van der Waals surface area contributed by atoms with E-state index in [1.165, 1.54) is 91.8 Å². The lowest BCUT2D eigenvalue weighted by molar-refractivity contribution is 0.660. The van der Waals surface area contributed by atoms with E-state index in [9.17, 15) is 0 Å². The molecular weight excluding hydrogens is 537 g/mol. The molecule has 1 heteroatoms. The number of benzene rings is 7. The van der Waals surface area contributed by atoms with Gasteiger partial charge in [-0.2, -0.15) is 0 Å². The molecule has 0 saturated carbocycles. The average molecular weight is 567 g/mol. The fourth-order valence-corrected chi connectivity index (χ4v) is 8.94. The van der Waals surface area contributed by atoms with Crippen LogP contribution in [0, 0.1) is 6.92 Å². The van der Waals surface area contributed by atoms with Gasteiger partial charge in [0.1, 0.15) is 0 Å². The second-order valence-electron chi connectivity index (χ2n) is 12.6. The van der Waals surface area contributed by atoms with Crippen molar-refractivity contribution in [2.75, 3.05) is 0 Å². The topological polar surface area (TPSA) is 0 Å². The van der Waals surface area contributed by atoms with Crippen LogP contribution in [-0.4, -0.2) is 0 Å². The van der Waals surface area contributed by atoms with E-state index < -0.39 is 0 Å². The van der Waals surface area contributed by atoms with Crippen molar-refractivity contribution in [3.63, 3.8) is 0 Å². The van der Waals surface area contributed by atoms with Gasteiger partial charge in [-0.3, -0.25) is 0 Å². The Morgan fingerprint density at radius 3 is 1.98 bits per heavy atom. The van der Waals surface area contributed by atoms with Crippen LogP contribution in [0.5, 0.6) is 0 Å². The van der Waals surface area contributed by atoms with Crippen LogP contribution in [0.4, 0.5) is 0 Å². The zero-order valence-electron chi connectivity index (χ0n) is 24.5. The molecule has 0 nitrogen and oxygen atoms in total. The van der Waals surface area contributed by atoms with Crippen LogP contribution >= 0.6 is 11.3 Å². The Hall–Kier alpha value is -4.72. The van der Waals surface area contributed by atoms with Gasteiger partial charge in [0.25, 0.3) is 0 Å². The van der Waals surface area contributed by atoms with Crippen LogP contribution in [-0.2, 0) is 5.41 Å². The van der Waals surface area contributed by atoms with Gasteiger partial charge >= 0.3 is 0 Å². The third-order valence-corrected chi connectivity index (χ3v) is 10.9. The molecule has 0 saturated heterocycles. The first kappa shape index (κ1) is 24.8. The summed E-state index contributed by atoms with van der Waals surface area (Å²) in [5.41, 5.74) is 12.1. The van der Waals surface area contributed by atoms with Crippen LogP contribution < -0.4 is 0 Å². The van der Waals surface area contributed by atoms with Gasteiger partial charge in [-0.05, 0) is 79.5 Å². The van der Waals surface area contributed by atoms with Crippen LogP contribution in [0.25, 0.3) is 75.1 Å². The Morgan fingerprint density at radius 2 is 1.12 bits per heavy atom. The summed E-state index contributed by atoms with van der Waals surface area (Å²) in [7, 11) is 0. The largest absolute Gasteiger partial charge is 0.135 e. The first-order chi connectivity index (χ1) is 21.0. The normalized spacial score (nSPS) is 13.7. The standard InChI is InChI=1S/C42H30S/c1-25-19-21-31-35(23-25)39(26-20-22-37-34(24-26)27-11-6-8-17-36(27)42(37,2)3)29-13-4-5-14-30(29)40(31)33-16-10-15-32-28-12-7-9-18-38(28)43-41(32)33/h4-24H,1-3H3. The van der Waals surface area contributed by atoms with Crippen molar-refractivity contribution in [3.05, 3.63) is 144 Å². The summed E-state index contributed by atoms with van der Waals surface area (Å²) in [6.07, 6.45) is 0. The summed E-state index contributed by atoms with van der Waals surface area (Å²) in [6.45, 7) is 6.93. The number of aryl methyl sites for hydroxylation is 1. The Bertz CT molecular complexity index is 2440. The number of rotatable bonds is 2. The smallest absolute Gasteiger partial charge is 0.0434 e. The quantitative estimate of drug-likeness (QED) is 0.183. The van der Waals surface area contributed by atoms with Crippen molar-refractivity contribution in [3.8, 4) is 33.4 Å². The van der Waals surface area contributed by atoms with Gasteiger partial charge in [0.2, 0.25) is 0 Å². The van der Waals surface area contributed by atoms with Gasteiger partial charge in [0, 0.05) is 31.2 Å². The summed E-state index contributed by atoms with van der Waals surface area (Å²) < 4.78 is 2.70. The van der Waals surface area contributed by atoms with Crippen LogP contribution in [0.1, 0.15) is 30.5 Å². The molecule has 1 aromatic heterocycles.